The number of amides is 1. The Morgan fingerprint density at radius 1 is 1.03 bits per heavy atom. The molecule has 1 amide bonds. The fraction of sp³-hybridized carbons (Fsp3) is 0.154. The summed E-state index contributed by atoms with van der Waals surface area (Å²) in [6.07, 6.45) is 1.79. The van der Waals surface area contributed by atoms with Crippen molar-refractivity contribution >= 4 is 51.7 Å². The van der Waals surface area contributed by atoms with Crippen molar-refractivity contribution in [3.05, 3.63) is 98.4 Å². The Morgan fingerprint density at radius 3 is 2.40 bits per heavy atom. The van der Waals surface area contributed by atoms with Gasteiger partial charge in [0, 0.05) is 12.1 Å². The minimum Gasteiger partial charge on any atom is -0.490 e. The Labute approximate surface area is 212 Å². The highest BCUT2D eigenvalue weighted by Crippen LogP contribution is 2.37. The van der Waals surface area contributed by atoms with Crippen molar-refractivity contribution in [1.29, 1.82) is 0 Å². The Morgan fingerprint density at radius 2 is 1.74 bits per heavy atom. The molecule has 0 radical (unpaired) electrons. The van der Waals surface area contributed by atoms with Gasteiger partial charge in [0.1, 0.15) is 6.61 Å². The molecule has 3 aromatic rings. The molecule has 9 heteroatoms. The number of carbonyl (C=O) groups is 1. The standard InChI is InChI=1S/C26H22N2O5S2/c1-3-32-23-14-19(8-13-22(23)33-16-18-6-11-21(12-7-18)28(30)31)15-24-25(29)27(26(34)35-24)20-9-4-17(2)5-10-20/h4-15H,3,16H2,1-2H3/b24-15-. The maximum atomic E-state index is 13.1. The number of ether oxygens (including phenoxy) is 2. The van der Waals surface area contributed by atoms with Gasteiger partial charge < -0.3 is 9.47 Å². The molecule has 4 rings (SSSR count). The molecular weight excluding hydrogens is 484 g/mol. The van der Waals surface area contributed by atoms with E-state index >= 15 is 0 Å². The molecular formula is C26H22N2O5S2. The normalized spacial score (nSPS) is 14.5. The van der Waals surface area contributed by atoms with Gasteiger partial charge in [-0.05, 0) is 67.4 Å². The third kappa shape index (κ3) is 5.70. The Bertz CT molecular complexity index is 1300. The number of non-ortho nitro benzene ring substituents is 1. The van der Waals surface area contributed by atoms with Gasteiger partial charge in [-0.2, -0.15) is 0 Å². The fourth-order valence-electron chi connectivity index (χ4n) is 3.41. The van der Waals surface area contributed by atoms with Crippen molar-refractivity contribution in [1.82, 2.24) is 0 Å². The number of hydrogen-bond acceptors (Lipinski definition) is 7. The molecule has 0 atom stereocenters. The molecule has 1 saturated heterocycles. The molecule has 0 aromatic heterocycles. The summed E-state index contributed by atoms with van der Waals surface area (Å²) in [5.74, 6) is 0.909. The third-order valence-corrected chi connectivity index (χ3v) is 6.49. The van der Waals surface area contributed by atoms with Gasteiger partial charge >= 0.3 is 0 Å². The van der Waals surface area contributed by atoms with Crippen LogP contribution in [0.25, 0.3) is 6.08 Å². The fourth-order valence-corrected chi connectivity index (χ4v) is 4.71. The van der Waals surface area contributed by atoms with Crippen molar-refractivity contribution in [3.8, 4) is 11.5 Å². The average Bonchev–Trinajstić information content (AvgIpc) is 3.12. The van der Waals surface area contributed by atoms with E-state index in [0.29, 0.717) is 27.3 Å². The van der Waals surface area contributed by atoms with E-state index in [1.54, 1.807) is 24.3 Å². The van der Waals surface area contributed by atoms with Gasteiger partial charge in [-0.25, -0.2) is 0 Å². The minimum atomic E-state index is -0.439. The first-order chi connectivity index (χ1) is 16.9. The van der Waals surface area contributed by atoms with Gasteiger partial charge in [-0.3, -0.25) is 19.8 Å². The number of thioether (sulfide) groups is 1. The maximum Gasteiger partial charge on any atom is 0.270 e. The zero-order valence-electron chi connectivity index (χ0n) is 19.1. The van der Waals surface area contributed by atoms with Crippen molar-refractivity contribution in [3.63, 3.8) is 0 Å². The van der Waals surface area contributed by atoms with Crippen LogP contribution in [0.3, 0.4) is 0 Å². The molecule has 1 aliphatic heterocycles. The number of nitro groups is 1. The number of anilines is 1. The molecule has 1 aliphatic rings. The lowest BCUT2D eigenvalue weighted by molar-refractivity contribution is -0.384. The quantitative estimate of drug-likeness (QED) is 0.154. The van der Waals surface area contributed by atoms with E-state index in [-0.39, 0.29) is 18.2 Å². The zero-order chi connectivity index (χ0) is 24.9. The summed E-state index contributed by atoms with van der Waals surface area (Å²) in [6.45, 7) is 4.53. The lowest BCUT2D eigenvalue weighted by Crippen LogP contribution is -2.27. The van der Waals surface area contributed by atoms with Crippen LogP contribution in [-0.2, 0) is 11.4 Å². The predicted octanol–water partition coefficient (Wildman–Crippen LogP) is 6.29. The van der Waals surface area contributed by atoms with Gasteiger partial charge in [-0.1, -0.05) is 47.7 Å². The van der Waals surface area contributed by atoms with E-state index < -0.39 is 4.92 Å². The van der Waals surface area contributed by atoms with Crippen molar-refractivity contribution < 1.29 is 19.2 Å². The highest BCUT2D eigenvalue weighted by molar-refractivity contribution is 8.27. The largest absolute Gasteiger partial charge is 0.490 e. The second kappa shape index (κ2) is 10.7. The van der Waals surface area contributed by atoms with Crippen LogP contribution >= 0.6 is 24.0 Å². The Balaban J connectivity index is 1.52. The smallest absolute Gasteiger partial charge is 0.270 e. The highest BCUT2D eigenvalue weighted by atomic mass is 32.2. The monoisotopic (exact) mass is 506 g/mol. The lowest BCUT2D eigenvalue weighted by Gasteiger charge is -2.14. The van der Waals surface area contributed by atoms with Gasteiger partial charge in [0.15, 0.2) is 15.8 Å². The summed E-state index contributed by atoms with van der Waals surface area (Å²) in [6, 6.07) is 19.3. The Hall–Kier alpha value is -3.69. The molecule has 0 spiro atoms. The topological polar surface area (TPSA) is 81.9 Å². The molecule has 7 nitrogen and oxygen atoms in total. The van der Waals surface area contributed by atoms with E-state index in [1.807, 2.05) is 50.2 Å². The molecule has 35 heavy (non-hydrogen) atoms. The van der Waals surface area contributed by atoms with Crippen LogP contribution in [0.5, 0.6) is 11.5 Å². The minimum absolute atomic E-state index is 0.0286. The first kappa shape index (κ1) is 24.4. The SMILES string of the molecule is CCOc1cc(/C=C2\SC(=S)N(c3ccc(C)cc3)C2=O)ccc1OCc1ccc([N+](=O)[O-])cc1. The zero-order valence-corrected chi connectivity index (χ0v) is 20.7. The maximum absolute atomic E-state index is 13.1. The number of hydrogen-bond donors (Lipinski definition) is 0. The summed E-state index contributed by atoms with van der Waals surface area (Å²) >= 11 is 6.72. The summed E-state index contributed by atoms with van der Waals surface area (Å²) in [7, 11) is 0. The number of benzene rings is 3. The van der Waals surface area contributed by atoms with Crippen LogP contribution in [0.1, 0.15) is 23.6 Å². The van der Waals surface area contributed by atoms with Gasteiger partial charge in [0.2, 0.25) is 0 Å². The molecule has 0 aliphatic carbocycles. The highest BCUT2D eigenvalue weighted by Gasteiger charge is 2.33. The van der Waals surface area contributed by atoms with Crippen molar-refractivity contribution in [2.45, 2.75) is 20.5 Å². The lowest BCUT2D eigenvalue weighted by atomic mass is 10.1. The van der Waals surface area contributed by atoms with Crippen LogP contribution in [0, 0.1) is 17.0 Å². The molecule has 0 bridgehead atoms. The average molecular weight is 507 g/mol. The number of nitro benzene ring substituents is 1. The van der Waals surface area contributed by atoms with Crippen LogP contribution in [0.4, 0.5) is 11.4 Å². The van der Waals surface area contributed by atoms with Crippen LogP contribution in [0.15, 0.2) is 71.6 Å². The summed E-state index contributed by atoms with van der Waals surface area (Å²) < 4.78 is 12.2. The molecule has 0 N–H and O–H groups in total. The molecule has 0 saturated carbocycles. The number of rotatable bonds is 8. The van der Waals surface area contributed by atoms with Crippen LogP contribution in [-0.4, -0.2) is 21.8 Å². The van der Waals surface area contributed by atoms with E-state index in [4.69, 9.17) is 21.7 Å². The summed E-state index contributed by atoms with van der Waals surface area (Å²) in [4.78, 5) is 25.5. The number of aryl methyl sites for hydroxylation is 1. The molecule has 1 fully saturated rings. The van der Waals surface area contributed by atoms with Gasteiger partial charge in [-0.15, -0.1) is 0 Å². The Kier molecular flexibility index (Phi) is 7.48. The number of thiocarbonyl (C=S) groups is 1. The summed E-state index contributed by atoms with van der Waals surface area (Å²) in [5, 5.41) is 10.8. The molecule has 0 unspecified atom stereocenters. The number of carbonyl (C=O) groups excluding carboxylic acids is 1. The van der Waals surface area contributed by atoms with Crippen LogP contribution in [0.2, 0.25) is 0 Å². The van der Waals surface area contributed by atoms with Crippen LogP contribution < -0.4 is 14.4 Å². The van der Waals surface area contributed by atoms with E-state index in [1.165, 1.54) is 28.8 Å². The first-order valence-corrected chi connectivity index (χ1v) is 12.1. The third-order valence-electron chi connectivity index (χ3n) is 5.19. The summed E-state index contributed by atoms with van der Waals surface area (Å²) in [5.41, 5.74) is 3.45. The molecule has 178 valence electrons. The van der Waals surface area contributed by atoms with Crippen molar-refractivity contribution in [2.75, 3.05) is 11.5 Å². The van der Waals surface area contributed by atoms with E-state index in [9.17, 15) is 14.9 Å². The second-order valence-electron chi connectivity index (χ2n) is 7.70. The van der Waals surface area contributed by atoms with Crippen molar-refractivity contribution in [2.24, 2.45) is 0 Å². The van der Waals surface area contributed by atoms with Gasteiger partial charge in [0.25, 0.3) is 11.6 Å². The molecule has 1 heterocycles. The predicted molar refractivity (Wildman–Crippen MR) is 142 cm³/mol. The molecule has 3 aromatic carbocycles. The van der Waals surface area contributed by atoms with Gasteiger partial charge in [0.05, 0.1) is 22.1 Å². The van der Waals surface area contributed by atoms with E-state index in [2.05, 4.69) is 0 Å². The van der Waals surface area contributed by atoms with E-state index in [0.717, 1.165) is 22.4 Å². The second-order valence-corrected chi connectivity index (χ2v) is 9.38. The number of nitrogens with zero attached hydrogens (tertiary/aromatic N) is 2. The first-order valence-electron chi connectivity index (χ1n) is 10.8.